The van der Waals surface area contributed by atoms with Gasteiger partial charge in [0.05, 0.1) is 18.5 Å². The van der Waals surface area contributed by atoms with Crippen LogP contribution in [-0.2, 0) is 14.4 Å². The smallest absolute Gasteiger partial charge is 0.305 e. The van der Waals surface area contributed by atoms with E-state index in [-0.39, 0.29) is 17.7 Å². The summed E-state index contributed by atoms with van der Waals surface area (Å²) in [4.78, 5) is 35.5. The van der Waals surface area contributed by atoms with Crippen molar-refractivity contribution in [3.05, 3.63) is 29.8 Å². The van der Waals surface area contributed by atoms with Crippen LogP contribution in [0.5, 0.6) is 5.75 Å². The van der Waals surface area contributed by atoms with Crippen molar-refractivity contribution in [3.8, 4) is 5.75 Å². The molecule has 0 fully saturated rings. The lowest BCUT2D eigenvalue weighted by molar-refractivity contribution is -0.139. The Labute approximate surface area is 147 Å². The van der Waals surface area contributed by atoms with Crippen LogP contribution in [-0.4, -0.2) is 40.1 Å². The van der Waals surface area contributed by atoms with E-state index in [1.807, 2.05) is 5.73 Å². The molecule has 0 saturated heterocycles. The average molecular weight is 352 g/mol. The predicted molar refractivity (Wildman–Crippen MR) is 91.7 cm³/mol. The molecule has 2 amide bonds. The monoisotopic (exact) mass is 352 g/mol. The molecule has 138 valence electrons. The number of hydrogen-bond acceptors (Lipinski definition) is 5. The number of aromatic hydroxyl groups is 1. The van der Waals surface area contributed by atoms with E-state index in [4.69, 9.17) is 6.52 Å². The quantitative estimate of drug-likeness (QED) is 0.438. The summed E-state index contributed by atoms with van der Waals surface area (Å²) in [7, 11) is 0. The maximum atomic E-state index is 12.5. The highest BCUT2D eigenvalue weighted by molar-refractivity contribution is 5.91. The predicted octanol–water partition coefficient (Wildman–Crippen LogP) is 0.512. The molecular formula is C17H25N3O5. The third-order valence-corrected chi connectivity index (χ3v) is 3.69. The van der Waals surface area contributed by atoms with Gasteiger partial charge in [-0.3, -0.25) is 14.4 Å². The summed E-state index contributed by atoms with van der Waals surface area (Å²) < 4.78 is 7.09. The van der Waals surface area contributed by atoms with E-state index in [2.05, 4.69) is 10.6 Å². The van der Waals surface area contributed by atoms with Gasteiger partial charge in [-0.25, -0.2) is 0 Å². The van der Waals surface area contributed by atoms with Crippen molar-refractivity contribution in [2.45, 2.75) is 45.3 Å². The maximum Gasteiger partial charge on any atom is 0.305 e. The van der Waals surface area contributed by atoms with Crippen molar-refractivity contribution in [2.75, 3.05) is 0 Å². The molecule has 8 heteroatoms. The van der Waals surface area contributed by atoms with Crippen LogP contribution in [0.1, 0.15) is 38.8 Å². The lowest BCUT2D eigenvalue weighted by atomic mass is 10.0. The lowest BCUT2D eigenvalue weighted by Gasteiger charge is -2.25. The molecular weight excluding hydrogens is 326 g/mol. The summed E-state index contributed by atoms with van der Waals surface area (Å²) in [6, 6.07) is 3.88. The lowest BCUT2D eigenvalue weighted by Crippen LogP contribution is -2.54. The molecule has 1 aromatic carbocycles. The number of carboxylic acids is 1. The number of rotatable bonds is 9. The highest BCUT2D eigenvalue weighted by Gasteiger charge is 2.28. The molecule has 25 heavy (non-hydrogen) atoms. The Morgan fingerprint density at radius 1 is 1.12 bits per heavy atom. The molecule has 0 aliphatic heterocycles. The van der Waals surface area contributed by atoms with Gasteiger partial charge in [0.15, 0.2) is 0 Å². The molecule has 0 aromatic heterocycles. The third-order valence-electron chi connectivity index (χ3n) is 3.69. The first-order chi connectivity index (χ1) is 12.1. The first-order valence-corrected chi connectivity index (χ1v) is 7.94. The van der Waals surface area contributed by atoms with Crippen molar-refractivity contribution >= 4 is 17.8 Å². The van der Waals surface area contributed by atoms with Crippen LogP contribution >= 0.6 is 0 Å². The van der Waals surface area contributed by atoms with E-state index in [1.165, 1.54) is 12.1 Å². The van der Waals surface area contributed by atoms with E-state index in [9.17, 15) is 19.5 Å². The van der Waals surface area contributed by atoms with Crippen molar-refractivity contribution < 1.29 is 26.0 Å². The number of nitrogens with two attached hydrogens (primary N) is 1. The van der Waals surface area contributed by atoms with Gasteiger partial charge in [-0.2, -0.15) is 0 Å². The Balaban J connectivity index is 2.78. The SMILES string of the molecule is [2H]N[C@@H](CC(=O)O)C(=O)N[C@H](C(=O)N[C@@H](C)c1ccc(O)cc1)C(C)C. The molecule has 0 heterocycles. The first kappa shape index (κ1) is 18.7. The molecule has 0 aliphatic carbocycles. The number of carboxylic acid groups (broad SMARTS) is 1. The highest BCUT2D eigenvalue weighted by atomic mass is 16.4. The molecule has 1 rings (SSSR count). The molecule has 0 aliphatic rings. The fourth-order valence-electron chi connectivity index (χ4n) is 2.21. The molecule has 0 saturated carbocycles. The topological polar surface area (TPSA) is 142 Å². The van der Waals surface area contributed by atoms with Gasteiger partial charge in [-0.05, 0) is 30.5 Å². The molecule has 3 atom stereocenters. The van der Waals surface area contributed by atoms with Gasteiger partial charge in [0.2, 0.25) is 11.8 Å². The first-order valence-electron chi connectivity index (χ1n) is 8.44. The van der Waals surface area contributed by atoms with Crippen LogP contribution in [0, 0.1) is 5.92 Å². The van der Waals surface area contributed by atoms with Crippen molar-refractivity contribution in [1.29, 1.82) is 0 Å². The normalized spacial score (nSPS) is 15.0. The number of phenolic OH excluding ortho intramolecular Hbond substituents is 1. The summed E-state index contributed by atoms with van der Waals surface area (Å²) in [5, 5.41) is 23.4. The standard InChI is InChI=1S/C17H25N3O5/c1-9(2)15(20-16(24)13(18)8-14(22)23)17(25)19-10(3)11-4-6-12(21)7-5-11/h4-7,9-10,13,15,21H,8,18H2,1-3H3,(H,19,25)(H,20,24)(H,22,23)/t10-,13-,15-/m0/s1/i/hD. The average Bonchev–Trinajstić information content (AvgIpc) is 2.57. The zero-order valence-electron chi connectivity index (χ0n) is 15.4. The van der Waals surface area contributed by atoms with Crippen molar-refractivity contribution in [3.63, 3.8) is 0 Å². The van der Waals surface area contributed by atoms with Crippen LogP contribution < -0.4 is 16.4 Å². The molecule has 6 N–H and O–H groups in total. The molecule has 0 unspecified atom stereocenters. The second-order valence-electron chi connectivity index (χ2n) is 6.20. The number of amides is 2. The number of carbonyl (C=O) groups excluding carboxylic acids is 2. The van der Waals surface area contributed by atoms with Crippen LogP contribution in [0.15, 0.2) is 24.3 Å². The van der Waals surface area contributed by atoms with Gasteiger partial charge in [0.25, 0.3) is 0 Å². The molecule has 0 spiro atoms. The Bertz CT molecular complexity index is 636. The molecule has 0 bridgehead atoms. The Kier molecular flexibility index (Phi) is 6.76. The fourth-order valence-corrected chi connectivity index (χ4v) is 2.21. The zero-order valence-corrected chi connectivity index (χ0v) is 14.4. The Morgan fingerprint density at radius 2 is 1.72 bits per heavy atom. The zero-order chi connectivity index (χ0) is 19.9. The van der Waals surface area contributed by atoms with Gasteiger partial charge in [0, 0.05) is 0 Å². The van der Waals surface area contributed by atoms with Crippen LogP contribution in [0.3, 0.4) is 0 Å². The van der Waals surface area contributed by atoms with Crippen LogP contribution in [0.25, 0.3) is 0 Å². The van der Waals surface area contributed by atoms with E-state index in [0.717, 1.165) is 5.56 Å². The van der Waals surface area contributed by atoms with E-state index in [0.29, 0.717) is 0 Å². The van der Waals surface area contributed by atoms with Crippen molar-refractivity contribution in [2.24, 2.45) is 11.6 Å². The van der Waals surface area contributed by atoms with E-state index < -0.39 is 36.3 Å². The Hall–Kier alpha value is -2.61. The minimum atomic E-state index is -1.25. The molecule has 8 nitrogen and oxygen atoms in total. The fraction of sp³-hybridized carbons (Fsp3) is 0.471. The summed E-state index contributed by atoms with van der Waals surface area (Å²) in [5.74, 6) is -2.51. The Morgan fingerprint density at radius 3 is 2.20 bits per heavy atom. The third kappa shape index (κ3) is 6.42. The minimum Gasteiger partial charge on any atom is -0.508 e. The van der Waals surface area contributed by atoms with Crippen LogP contribution in [0.4, 0.5) is 0 Å². The van der Waals surface area contributed by atoms with E-state index in [1.54, 1.807) is 32.9 Å². The summed E-state index contributed by atoms with van der Waals surface area (Å²) in [6.07, 6.45) is -0.564. The summed E-state index contributed by atoms with van der Waals surface area (Å²) in [6.45, 7) is 5.26. The number of hydrogen-bond donors (Lipinski definition) is 5. The number of carbonyl (C=O) groups is 3. The number of benzene rings is 1. The van der Waals surface area contributed by atoms with Crippen LogP contribution in [0.2, 0.25) is 1.41 Å². The molecule has 0 radical (unpaired) electrons. The number of phenols is 1. The van der Waals surface area contributed by atoms with E-state index >= 15 is 0 Å². The van der Waals surface area contributed by atoms with Gasteiger partial charge in [0.1, 0.15) is 13.2 Å². The largest absolute Gasteiger partial charge is 0.508 e. The number of aliphatic carboxylic acids is 1. The second-order valence-corrected chi connectivity index (χ2v) is 6.20. The van der Waals surface area contributed by atoms with Crippen molar-refractivity contribution in [1.82, 2.24) is 10.6 Å². The highest BCUT2D eigenvalue weighted by Crippen LogP contribution is 2.17. The van der Waals surface area contributed by atoms with Gasteiger partial charge in [-0.1, -0.05) is 26.0 Å². The maximum absolute atomic E-state index is 12.5. The summed E-state index contributed by atoms with van der Waals surface area (Å²) >= 11 is 0. The number of nitrogens with one attached hydrogen (secondary N) is 2. The van der Waals surface area contributed by atoms with Gasteiger partial charge in [-0.15, -0.1) is 0 Å². The molecule has 1 aromatic rings. The summed E-state index contributed by atoms with van der Waals surface area (Å²) in [5.41, 5.74) is 2.67. The van der Waals surface area contributed by atoms with Gasteiger partial charge >= 0.3 is 5.97 Å². The van der Waals surface area contributed by atoms with Gasteiger partial charge < -0.3 is 26.6 Å². The minimum absolute atomic E-state index is 0.118. The second kappa shape index (κ2) is 9.03.